The highest BCUT2D eigenvalue weighted by Gasteiger charge is 2.22. The molecule has 1 saturated heterocycles. The van der Waals surface area contributed by atoms with Gasteiger partial charge in [0.1, 0.15) is 0 Å². The summed E-state index contributed by atoms with van der Waals surface area (Å²) < 4.78 is -0.245. The summed E-state index contributed by atoms with van der Waals surface area (Å²) in [5.74, 6) is -0.620. The van der Waals surface area contributed by atoms with Crippen LogP contribution < -0.4 is 5.73 Å². The van der Waals surface area contributed by atoms with Gasteiger partial charge in [0.2, 0.25) is 5.91 Å². The van der Waals surface area contributed by atoms with Crippen molar-refractivity contribution in [2.75, 3.05) is 19.6 Å². The molecule has 11 heavy (non-hydrogen) atoms. The van der Waals surface area contributed by atoms with Gasteiger partial charge in [-0.2, -0.15) is 0 Å². The number of rotatable bonds is 3. The lowest BCUT2D eigenvalue weighted by Crippen LogP contribution is -2.40. The van der Waals surface area contributed by atoms with Crippen molar-refractivity contribution in [1.82, 2.24) is 5.73 Å². The number of carbonyl (C=O) groups excluding carboxylic acids is 1. The van der Waals surface area contributed by atoms with Crippen molar-refractivity contribution in [3.05, 3.63) is 5.21 Å². The summed E-state index contributed by atoms with van der Waals surface area (Å²) in [6.07, 6.45) is 2.05. The molecule has 4 heteroatoms. The Hall–Kier alpha value is -0.610. The zero-order valence-electron chi connectivity index (χ0n) is 6.51. The Kier molecular flexibility index (Phi) is 2.46. The molecule has 0 atom stereocenters. The second kappa shape index (κ2) is 3.19. The highest BCUT2D eigenvalue weighted by atomic mass is 16.5. The maximum absolute atomic E-state index is 11.5. The van der Waals surface area contributed by atoms with Crippen LogP contribution in [0.15, 0.2) is 0 Å². The van der Waals surface area contributed by atoms with Gasteiger partial charge in [-0.1, -0.05) is 0 Å². The number of hydroxylamine groups is 3. The lowest BCUT2D eigenvalue weighted by molar-refractivity contribution is -0.867. The second-order valence-electron chi connectivity index (χ2n) is 3.11. The fourth-order valence-electron chi connectivity index (χ4n) is 1.44. The van der Waals surface area contributed by atoms with Gasteiger partial charge >= 0.3 is 0 Å². The third-order valence-corrected chi connectivity index (χ3v) is 2.13. The van der Waals surface area contributed by atoms with E-state index < -0.39 is 5.91 Å². The molecule has 1 amide bonds. The Morgan fingerprint density at radius 2 is 2.00 bits per heavy atom. The number of amides is 1. The van der Waals surface area contributed by atoms with Crippen LogP contribution in [0.2, 0.25) is 0 Å². The van der Waals surface area contributed by atoms with Crippen LogP contribution in [0.5, 0.6) is 0 Å². The molecule has 0 aromatic heterocycles. The van der Waals surface area contributed by atoms with Gasteiger partial charge in [0.05, 0.1) is 26.1 Å². The highest BCUT2D eigenvalue weighted by molar-refractivity contribution is 5.72. The van der Waals surface area contributed by atoms with Crippen molar-refractivity contribution in [3.8, 4) is 0 Å². The molecule has 1 aliphatic heterocycles. The van der Waals surface area contributed by atoms with Gasteiger partial charge in [0.25, 0.3) is 0 Å². The molecule has 0 saturated carbocycles. The molecule has 1 radical (unpaired) electrons. The predicted molar refractivity (Wildman–Crippen MR) is 40.2 cm³/mol. The van der Waals surface area contributed by atoms with Gasteiger partial charge in [-0.3, -0.25) is 10.5 Å². The molecule has 4 nitrogen and oxygen atoms in total. The van der Waals surface area contributed by atoms with Crippen LogP contribution in [0.25, 0.3) is 0 Å². The summed E-state index contributed by atoms with van der Waals surface area (Å²) in [5, 5.41) is 11.5. The molecule has 0 bridgehead atoms. The first-order valence-corrected chi connectivity index (χ1v) is 3.94. The van der Waals surface area contributed by atoms with Gasteiger partial charge in [-0.05, 0) is 0 Å². The summed E-state index contributed by atoms with van der Waals surface area (Å²) >= 11 is 0. The van der Waals surface area contributed by atoms with E-state index in [0.717, 1.165) is 12.8 Å². The molecule has 0 aliphatic carbocycles. The lowest BCUT2D eigenvalue weighted by Gasteiger charge is -2.37. The number of hydrogen-bond donors (Lipinski definition) is 0. The third-order valence-electron chi connectivity index (χ3n) is 2.13. The smallest absolute Gasteiger partial charge is 0.244 e. The maximum atomic E-state index is 11.5. The van der Waals surface area contributed by atoms with E-state index in [0.29, 0.717) is 19.6 Å². The van der Waals surface area contributed by atoms with Crippen molar-refractivity contribution < 1.29 is 9.44 Å². The summed E-state index contributed by atoms with van der Waals surface area (Å²) in [6.45, 7) is 1.57. The first-order chi connectivity index (χ1) is 5.12. The summed E-state index contributed by atoms with van der Waals surface area (Å²) in [6, 6.07) is 0. The van der Waals surface area contributed by atoms with Crippen LogP contribution in [-0.4, -0.2) is 30.2 Å². The fraction of sp³-hybridized carbons (Fsp3) is 0.857. The van der Waals surface area contributed by atoms with Crippen LogP contribution in [0.1, 0.15) is 19.3 Å². The molecule has 1 fully saturated rings. The minimum atomic E-state index is -0.620. The van der Waals surface area contributed by atoms with E-state index in [4.69, 9.17) is 5.73 Å². The first kappa shape index (κ1) is 8.49. The molecule has 1 rings (SSSR count). The Balaban J connectivity index is 2.28. The van der Waals surface area contributed by atoms with Crippen LogP contribution in [0, 0.1) is 5.21 Å². The fourth-order valence-corrected chi connectivity index (χ4v) is 1.44. The Bertz CT molecular complexity index is 153. The van der Waals surface area contributed by atoms with E-state index in [1.54, 1.807) is 0 Å². The molecule has 1 N–H and O–H groups in total. The van der Waals surface area contributed by atoms with Crippen molar-refractivity contribution >= 4 is 5.91 Å². The minimum absolute atomic E-state index is 0.115. The number of quaternary nitrogens is 1. The predicted octanol–water partition coefficient (Wildman–Crippen LogP) is 0.294. The summed E-state index contributed by atoms with van der Waals surface area (Å²) in [7, 11) is 0. The lowest BCUT2D eigenvalue weighted by atomic mass is 10.4. The minimum Gasteiger partial charge on any atom is -0.633 e. The molecular formula is C7H13N2O2. The first-order valence-electron chi connectivity index (χ1n) is 3.94. The molecule has 1 aliphatic rings. The van der Waals surface area contributed by atoms with Gasteiger partial charge in [-0.15, -0.1) is 0 Å². The van der Waals surface area contributed by atoms with E-state index in [-0.39, 0.29) is 11.1 Å². The van der Waals surface area contributed by atoms with Crippen molar-refractivity contribution in [2.24, 2.45) is 0 Å². The van der Waals surface area contributed by atoms with E-state index in [2.05, 4.69) is 0 Å². The number of likely N-dealkylation sites (tertiary alicyclic amines) is 1. The zero-order valence-corrected chi connectivity index (χ0v) is 6.51. The SMILES string of the molecule is [NH]C(=O)CC[N+]1([O-])CCCC1. The molecule has 63 valence electrons. The molecule has 0 aromatic carbocycles. The quantitative estimate of drug-likeness (QED) is 0.436. The third kappa shape index (κ3) is 2.48. The standard InChI is InChI=1S/C7H13N2O2/c8-7(10)3-6-9(11)4-1-2-5-9/h8H,1-6H2. The molecular weight excluding hydrogens is 144 g/mol. The van der Waals surface area contributed by atoms with Crippen molar-refractivity contribution in [3.63, 3.8) is 0 Å². The normalized spacial score (nSPS) is 21.9. The number of hydrogen-bond acceptors (Lipinski definition) is 2. The Morgan fingerprint density at radius 3 is 2.45 bits per heavy atom. The largest absolute Gasteiger partial charge is 0.633 e. The van der Waals surface area contributed by atoms with E-state index in [1.807, 2.05) is 0 Å². The summed E-state index contributed by atoms with van der Waals surface area (Å²) in [5.41, 5.74) is 6.64. The second-order valence-corrected chi connectivity index (χ2v) is 3.11. The van der Waals surface area contributed by atoms with E-state index >= 15 is 0 Å². The number of carbonyl (C=O) groups is 1. The van der Waals surface area contributed by atoms with Crippen molar-refractivity contribution in [1.29, 1.82) is 0 Å². The van der Waals surface area contributed by atoms with Gasteiger partial charge < -0.3 is 9.85 Å². The maximum Gasteiger partial charge on any atom is 0.244 e. The van der Waals surface area contributed by atoms with E-state index in [1.165, 1.54) is 0 Å². The topological polar surface area (TPSA) is 63.9 Å². The van der Waals surface area contributed by atoms with Crippen LogP contribution >= 0.6 is 0 Å². The Morgan fingerprint density at radius 1 is 1.45 bits per heavy atom. The molecule has 0 unspecified atom stereocenters. The Labute approximate surface area is 66.1 Å². The summed E-state index contributed by atoms with van der Waals surface area (Å²) in [4.78, 5) is 10.3. The zero-order chi connectivity index (χ0) is 8.32. The van der Waals surface area contributed by atoms with Crippen LogP contribution in [0.3, 0.4) is 0 Å². The van der Waals surface area contributed by atoms with Crippen LogP contribution in [-0.2, 0) is 4.79 Å². The monoisotopic (exact) mass is 157 g/mol. The highest BCUT2D eigenvalue weighted by Crippen LogP contribution is 2.17. The molecule has 1 heterocycles. The van der Waals surface area contributed by atoms with Gasteiger partial charge in [-0.25, -0.2) is 0 Å². The molecule has 0 aromatic rings. The average Bonchev–Trinajstić information content (AvgIpc) is 2.33. The average molecular weight is 157 g/mol. The van der Waals surface area contributed by atoms with Crippen LogP contribution in [0.4, 0.5) is 0 Å². The van der Waals surface area contributed by atoms with Gasteiger partial charge in [0.15, 0.2) is 0 Å². The number of nitrogens with one attached hydrogen (secondary N) is 1. The van der Waals surface area contributed by atoms with Crippen molar-refractivity contribution in [2.45, 2.75) is 19.3 Å². The number of nitrogens with zero attached hydrogens (tertiary/aromatic N) is 1. The van der Waals surface area contributed by atoms with Gasteiger partial charge in [0, 0.05) is 12.8 Å². The molecule has 0 spiro atoms. The van der Waals surface area contributed by atoms with E-state index in [9.17, 15) is 10.0 Å².